The molecule has 2 fully saturated rings. The van der Waals surface area contributed by atoms with Gasteiger partial charge in [-0.1, -0.05) is 12.1 Å². The fourth-order valence-electron chi connectivity index (χ4n) is 3.98. The Kier molecular flexibility index (Phi) is 3.82. The maximum Gasteiger partial charge on any atom is 0.244 e. The van der Waals surface area contributed by atoms with Crippen LogP contribution in [0.3, 0.4) is 0 Å². The SMILES string of the molecule is O=S(=O)(c1ccccc1Br)N1C2CCC1CC(n1cccn1)C2. The average Bonchev–Trinajstić information content (AvgIpc) is 3.15. The van der Waals surface area contributed by atoms with Gasteiger partial charge in [-0.3, -0.25) is 4.68 Å². The topological polar surface area (TPSA) is 55.2 Å². The number of hydrogen-bond acceptors (Lipinski definition) is 3. The molecule has 5 nitrogen and oxygen atoms in total. The molecular formula is C16H18BrN3O2S. The second-order valence-electron chi connectivity index (χ2n) is 6.26. The Morgan fingerprint density at radius 2 is 1.74 bits per heavy atom. The van der Waals surface area contributed by atoms with E-state index in [9.17, 15) is 8.42 Å². The van der Waals surface area contributed by atoms with Crippen LogP contribution in [0.5, 0.6) is 0 Å². The summed E-state index contributed by atoms with van der Waals surface area (Å²) in [4.78, 5) is 0.370. The quantitative estimate of drug-likeness (QED) is 0.801. The first-order chi connectivity index (χ1) is 11.1. The van der Waals surface area contributed by atoms with E-state index in [2.05, 4.69) is 21.0 Å². The summed E-state index contributed by atoms with van der Waals surface area (Å²) in [6.07, 6.45) is 7.30. The van der Waals surface area contributed by atoms with Crippen molar-refractivity contribution in [3.8, 4) is 0 Å². The molecule has 0 amide bonds. The van der Waals surface area contributed by atoms with E-state index in [0.29, 0.717) is 15.4 Å². The average molecular weight is 396 g/mol. The summed E-state index contributed by atoms with van der Waals surface area (Å²) in [5.41, 5.74) is 0. The number of piperidine rings is 1. The summed E-state index contributed by atoms with van der Waals surface area (Å²) in [6.45, 7) is 0. The van der Waals surface area contributed by atoms with Gasteiger partial charge >= 0.3 is 0 Å². The van der Waals surface area contributed by atoms with Crippen molar-refractivity contribution < 1.29 is 8.42 Å². The maximum absolute atomic E-state index is 13.1. The van der Waals surface area contributed by atoms with Crippen LogP contribution in [0.25, 0.3) is 0 Å². The standard InChI is InChI=1S/C16H18BrN3O2S/c17-15-4-1-2-5-16(15)23(21,22)20-12-6-7-13(20)11-14(10-12)19-9-3-8-18-19/h1-5,8-9,12-14H,6-7,10-11H2. The van der Waals surface area contributed by atoms with Gasteiger partial charge in [0.1, 0.15) is 0 Å². The van der Waals surface area contributed by atoms with Crippen molar-refractivity contribution in [2.45, 2.75) is 48.7 Å². The predicted molar refractivity (Wildman–Crippen MR) is 90.5 cm³/mol. The van der Waals surface area contributed by atoms with Crippen LogP contribution in [0.2, 0.25) is 0 Å². The number of rotatable bonds is 3. The van der Waals surface area contributed by atoms with Gasteiger partial charge in [0.2, 0.25) is 10.0 Å². The zero-order valence-corrected chi connectivity index (χ0v) is 14.9. The van der Waals surface area contributed by atoms with Crippen LogP contribution in [-0.2, 0) is 10.0 Å². The smallest absolute Gasteiger partial charge is 0.244 e. The van der Waals surface area contributed by atoms with Crippen LogP contribution >= 0.6 is 15.9 Å². The molecule has 0 N–H and O–H groups in total. The summed E-state index contributed by atoms with van der Waals surface area (Å²) >= 11 is 3.38. The minimum absolute atomic E-state index is 0.0695. The molecule has 0 saturated carbocycles. The Morgan fingerprint density at radius 3 is 2.35 bits per heavy atom. The summed E-state index contributed by atoms with van der Waals surface area (Å²) < 4.78 is 30.6. The first-order valence-electron chi connectivity index (χ1n) is 7.84. The highest BCUT2D eigenvalue weighted by atomic mass is 79.9. The summed E-state index contributed by atoms with van der Waals surface area (Å²) in [5, 5.41) is 4.34. The van der Waals surface area contributed by atoms with Gasteiger partial charge in [-0.25, -0.2) is 8.42 Å². The van der Waals surface area contributed by atoms with Crippen LogP contribution in [0.4, 0.5) is 0 Å². The van der Waals surface area contributed by atoms with Crippen LogP contribution in [0.1, 0.15) is 31.7 Å². The van der Waals surface area contributed by atoms with Crippen molar-refractivity contribution in [3.05, 3.63) is 47.2 Å². The third kappa shape index (κ3) is 2.55. The van der Waals surface area contributed by atoms with E-state index in [1.54, 1.807) is 28.7 Å². The van der Waals surface area contributed by atoms with Gasteiger partial charge < -0.3 is 0 Å². The second-order valence-corrected chi connectivity index (χ2v) is 8.93. The Bertz CT molecular complexity index is 792. The van der Waals surface area contributed by atoms with Gasteiger partial charge in [0.15, 0.2) is 0 Å². The number of halogens is 1. The number of nitrogens with zero attached hydrogens (tertiary/aromatic N) is 3. The zero-order chi connectivity index (χ0) is 16.0. The van der Waals surface area contributed by atoms with E-state index < -0.39 is 10.0 Å². The lowest BCUT2D eigenvalue weighted by Crippen LogP contribution is -2.46. The zero-order valence-electron chi connectivity index (χ0n) is 12.5. The number of aromatic nitrogens is 2. The van der Waals surface area contributed by atoms with Crippen molar-refractivity contribution in [1.29, 1.82) is 0 Å². The lowest BCUT2D eigenvalue weighted by molar-refractivity contribution is 0.184. The summed E-state index contributed by atoms with van der Waals surface area (Å²) in [7, 11) is -3.46. The van der Waals surface area contributed by atoms with E-state index in [1.165, 1.54) is 0 Å². The molecule has 2 atom stereocenters. The van der Waals surface area contributed by atoms with Crippen LogP contribution in [0, 0.1) is 0 Å². The minimum atomic E-state index is -3.46. The highest BCUT2D eigenvalue weighted by molar-refractivity contribution is 9.10. The van der Waals surface area contributed by atoms with Crippen molar-refractivity contribution in [1.82, 2.24) is 14.1 Å². The number of fused-ring (bicyclic) bond motifs is 2. The normalized spacial score (nSPS) is 28.1. The van der Waals surface area contributed by atoms with Gasteiger partial charge in [-0.15, -0.1) is 0 Å². The monoisotopic (exact) mass is 395 g/mol. The van der Waals surface area contributed by atoms with Crippen LogP contribution in [0.15, 0.2) is 52.1 Å². The lowest BCUT2D eigenvalue weighted by atomic mass is 10.00. The number of sulfonamides is 1. The Hall–Kier alpha value is -1.18. The van der Waals surface area contributed by atoms with Gasteiger partial charge in [0, 0.05) is 29.0 Å². The van der Waals surface area contributed by atoms with Crippen molar-refractivity contribution in [3.63, 3.8) is 0 Å². The summed E-state index contributed by atoms with van der Waals surface area (Å²) in [5.74, 6) is 0. The molecule has 122 valence electrons. The predicted octanol–water partition coefficient (Wildman–Crippen LogP) is 3.20. The Morgan fingerprint density at radius 1 is 1.04 bits per heavy atom. The third-order valence-corrected chi connectivity index (χ3v) is 7.95. The van der Waals surface area contributed by atoms with E-state index in [1.807, 2.05) is 23.0 Å². The highest BCUT2D eigenvalue weighted by Crippen LogP contribution is 2.44. The lowest BCUT2D eigenvalue weighted by Gasteiger charge is -2.38. The Labute approximate surface area is 144 Å². The molecule has 2 aliphatic rings. The molecule has 1 aromatic carbocycles. The van der Waals surface area contributed by atoms with E-state index in [-0.39, 0.29) is 12.1 Å². The Balaban J connectivity index is 1.66. The number of hydrogen-bond donors (Lipinski definition) is 0. The molecule has 0 aliphatic carbocycles. The fraction of sp³-hybridized carbons (Fsp3) is 0.438. The fourth-order valence-corrected chi connectivity index (χ4v) is 6.84. The van der Waals surface area contributed by atoms with E-state index in [4.69, 9.17) is 0 Å². The molecule has 1 aromatic heterocycles. The van der Waals surface area contributed by atoms with Crippen molar-refractivity contribution >= 4 is 26.0 Å². The maximum atomic E-state index is 13.1. The molecule has 2 aliphatic heterocycles. The molecule has 23 heavy (non-hydrogen) atoms. The van der Waals surface area contributed by atoms with Crippen molar-refractivity contribution in [2.24, 2.45) is 0 Å². The van der Waals surface area contributed by atoms with Gasteiger partial charge in [-0.05, 0) is 59.8 Å². The molecule has 2 bridgehead atoms. The number of benzene rings is 1. The first-order valence-corrected chi connectivity index (χ1v) is 10.1. The van der Waals surface area contributed by atoms with E-state index in [0.717, 1.165) is 25.7 Å². The molecule has 3 heterocycles. The second kappa shape index (κ2) is 5.72. The molecule has 2 aromatic rings. The van der Waals surface area contributed by atoms with Crippen molar-refractivity contribution in [2.75, 3.05) is 0 Å². The minimum Gasteiger partial charge on any atom is -0.270 e. The molecule has 7 heteroatoms. The summed E-state index contributed by atoms with van der Waals surface area (Å²) in [6, 6.07) is 9.43. The molecule has 0 radical (unpaired) electrons. The van der Waals surface area contributed by atoms with Crippen LogP contribution < -0.4 is 0 Å². The first kappa shape index (κ1) is 15.4. The molecule has 4 rings (SSSR count). The molecule has 0 spiro atoms. The largest absolute Gasteiger partial charge is 0.270 e. The van der Waals surface area contributed by atoms with Gasteiger partial charge in [0.25, 0.3) is 0 Å². The van der Waals surface area contributed by atoms with E-state index >= 15 is 0 Å². The molecular weight excluding hydrogens is 378 g/mol. The highest BCUT2D eigenvalue weighted by Gasteiger charge is 2.48. The third-order valence-electron chi connectivity index (χ3n) is 4.93. The van der Waals surface area contributed by atoms with Gasteiger partial charge in [0.05, 0.1) is 10.9 Å². The van der Waals surface area contributed by atoms with Crippen LogP contribution in [-0.4, -0.2) is 34.6 Å². The molecule has 2 unspecified atom stereocenters. The molecule has 2 saturated heterocycles. The van der Waals surface area contributed by atoms with Gasteiger partial charge in [-0.2, -0.15) is 9.40 Å².